The van der Waals surface area contributed by atoms with Crippen LogP contribution in [0.3, 0.4) is 0 Å². The number of hydrogen-bond donors (Lipinski definition) is 1. The second kappa shape index (κ2) is 3.88. The van der Waals surface area contributed by atoms with Gasteiger partial charge in [0.1, 0.15) is 0 Å². The van der Waals surface area contributed by atoms with Gasteiger partial charge in [-0.15, -0.1) is 23.4 Å². The Morgan fingerprint density at radius 3 is 2.73 bits per heavy atom. The number of hydrogen-bond acceptors (Lipinski definition) is 2. The van der Waals surface area contributed by atoms with Crippen LogP contribution in [0.2, 0.25) is 0 Å². The van der Waals surface area contributed by atoms with E-state index in [0.717, 1.165) is 16.1 Å². The number of alkyl halides is 1. The summed E-state index contributed by atoms with van der Waals surface area (Å²) in [5.41, 5.74) is 7.61. The fraction of sp³-hybridized carbons (Fsp3) is 0.250. The Morgan fingerprint density at radius 2 is 2.27 bits per heavy atom. The van der Waals surface area contributed by atoms with Crippen LogP contribution in [0.15, 0.2) is 23.1 Å². The molecule has 60 valence electrons. The monoisotopic (exact) mass is 187 g/mol. The Bertz CT molecular complexity index is 250. The summed E-state index contributed by atoms with van der Waals surface area (Å²) in [6.45, 7) is 0. The zero-order chi connectivity index (χ0) is 8.27. The van der Waals surface area contributed by atoms with Gasteiger partial charge in [-0.1, -0.05) is 6.07 Å². The van der Waals surface area contributed by atoms with E-state index in [1.807, 2.05) is 24.5 Å². The summed E-state index contributed by atoms with van der Waals surface area (Å²) in [7, 11) is 0. The van der Waals surface area contributed by atoms with Crippen LogP contribution < -0.4 is 5.73 Å². The van der Waals surface area contributed by atoms with Gasteiger partial charge in [0.25, 0.3) is 0 Å². The lowest BCUT2D eigenvalue weighted by Crippen LogP contribution is -1.89. The number of halogens is 1. The summed E-state index contributed by atoms with van der Waals surface area (Å²) >= 11 is 7.28. The Hall–Kier alpha value is -0.340. The van der Waals surface area contributed by atoms with E-state index in [1.54, 1.807) is 11.8 Å². The second-order valence-electron chi connectivity index (χ2n) is 2.21. The van der Waals surface area contributed by atoms with Gasteiger partial charge >= 0.3 is 0 Å². The highest BCUT2D eigenvalue weighted by atomic mass is 35.5. The molecule has 0 bridgehead atoms. The fourth-order valence-electron chi connectivity index (χ4n) is 0.867. The molecular weight excluding hydrogens is 178 g/mol. The van der Waals surface area contributed by atoms with Crippen LogP contribution in [0.25, 0.3) is 0 Å². The van der Waals surface area contributed by atoms with Gasteiger partial charge in [0.05, 0.1) is 0 Å². The predicted octanol–water partition coefficient (Wildman–Crippen LogP) is 2.73. The number of anilines is 1. The summed E-state index contributed by atoms with van der Waals surface area (Å²) < 4.78 is 0. The maximum atomic E-state index is 5.73. The van der Waals surface area contributed by atoms with E-state index in [2.05, 4.69) is 0 Å². The summed E-state index contributed by atoms with van der Waals surface area (Å²) in [6, 6.07) is 5.91. The molecule has 0 aliphatic carbocycles. The minimum atomic E-state index is 0.527. The fourth-order valence-corrected chi connectivity index (χ4v) is 1.53. The Morgan fingerprint density at radius 1 is 1.55 bits per heavy atom. The molecule has 2 N–H and O–H groups in total. The minimum Gasteiger partial charge on any atom is -0.398 e. The zero-order valence-electron chi connectivity index (χ0n) is 6.30. The largest absolute Gasteiger partial charge is 0.398 e. The molecule has 0 spiro atoms. The SMILES string of the molecule is CSc1ccc(CCl)cc1N. The van der Waals surface area contributed by atoms with Gasteiger partial charge in [0, 0.05) is 16.5 Å². The average molecular weight is 188 g/mol. The molecule has 0 aliphatic rings. The predicted molar refractivity (Wildman–Crippen MR) is 52.2 cm³/mol. The zero-order valence-corrected chi connectivity index (χ0v) is 7.88. The summed E-state index contributed by atoms with van der Waals surface area (Å²) in [4.78, 5) is 1.11. The van der Waals surface area contributed by atoms with E-state index in [-0.39, 0.29) is 0 Å². The lowest BCUT2D eigenvalue weighted by molar-refractivity contribution is 1.35. The molecule has 0 unspecified atom stereocenters. The third-order valence-electron chi connectivity index (χ3n) is 1.45. The van der Waals surface area contributed by atoms with E-state index in [0.29, 0.717) is 5.88 Å². The van der Waals surface area contributed by atoms with Crippen molar-refractivity contribution in [2.45, 2.75) is 10.8 Å². The third-order valence-corrected chi connectivity index (χ3v) is 2.57. The molecule has 0 heterocycles. The van der Waals surface area contributed by atoms with Crippen molar-refractivity contribution < 1.29 is 0 Å². The first kappa shape index (κ1) is 8.75. The molecule has 1 aromatic rings. The van der Waals surface area contributed by atoms with Crippen LogP contribution in [0.1, 0.15) is 5.56 Å². The van der Waals surface area contributed by atoms with Crippen molar-refractivity contribution in [3.63, 3.8) is 0 Å². The first-order valence-electron chi connectivity index (χ1n) is 3.26. The quantitative estimate of drug-likeness (QED) is 0.438. The summed E-state index contributed by atoms with van der Waals surface area (Å²) in [5.74, 6) is 0.527. The van der Waals surface area contributed by atoms with Crippen molar-refractivity contribution in [2.24, 2.45) is 0 Å². The van der Waals surface area contributed by atoms with Crippen molar-refractivity contribution in [1.82, 2.24) is 0 Å². The van der Waals surface area contributed by atoms with E-state index >= 15 is 0 Å². The summed E-state index contributed by atoms with van der Waals surface area (Å²) in [5, 5.41) is 0. The van der Waals surface area contributed by atoms with Crippen LogP contribution in [-0.4, -0.2) is 6.26 Å². The van der Waals surface area contributed by atoms with Crippen molar-refractivity contribution in [3.8, 4) is 0 Å². The van der Waals surface area contributed by atoms with Gasteiger partial charge in [-0.3, -0.25) is 0 Å². The molecule has 3 heteroatoms. The first-order chi connectivity index (χ1) is 5.27. The van der Waals surface area contributed by atoms with Gasteiger partial charge in [0.2, 0.25) is 0 Å². The molecule has 0 saturated carbocycles. The lowest BCUT2D eigenvalue weighted by atomic mass is 10.2. The molecule has 0 aromatic heterocycles. The molecule has 1 rings (SSSR count). The average Bonchev–Trinajstić information content (AvgIpc) is 2.04. The van der Waals surface area contributed by atoms with E-state index in [4.69, 9.17) is 17.3 Å². The molecule has 0 radical (unpaired) electrons. The molecule has 0 amide bonds. The Kier molecular flexibility index (Phi) is 3.09. The second-order valence-corrected chi connectivity index (χ2v) is 3.33. The number of nitrogens with two attached hydrogens (primary N) is 1. The number of benzene rings is 1. The smallest absolute Gasteiger partial charge is 0.0474 e. The maximum absolute atomic E-state index is 5.73. The van der Waals surface area contributed by atoms with Crippen LogP contribution in [0, 0.1) is 0 Å². The highest BCUT2D eigenvalue weighted by Gasteiger charge is 1.97. The van der Waals surface area contributed by atoms with Crippen LogP contribution >= 0.6 is 23.4 Å². The van der Waals surface area contributed by atoms with Crippen molar-refractivity contribution >= 4 is 29.1 Å². The number of rotatable bonds is 2. The number of nitrogen functional groups attached to an aromatic ring is 1. The van der Waals surface area contributed by atoms with Gasteiger partial charge in [-0.05, 0) is 24.0 Å². The highest BCUT2D eigenvalue weighted by Crippen LogP contribution is 2.23. The van der Waals surface area contributed by atoms with Gasteiger partial charge < -0.3 is 5.73 Å². The molecule has 1 aromatic carbocycles. The summed E-state index contributed by atoms with van der Waals surface area (Å²) in [6.07, 6.45) is 2.01. The topological polar surface area (TPSA) is 26.0 Å². The van der Waals surface area contributed by atoms with Crippen molar-refractivity contribution in [3.05, 3.63) is 23.8 Å². The molecule has 0 saturated heterocycles. The molecule has 0 atom stereocenters. The normalized spacial score (nSPS) is 10.0. The van der Waals surface area contributed by atoms with Gasteiger partial charge in [-0.2, -0.15) is 0 Å². The van der Waals surface area contributed by atoms with E-state index in [9.17, 15) is 0 Å². The van der Waals surface area contributed by atoms with Crippen LogP contribution in [-0.2, 0) is 5.88 Å². The maximum Gasteiger partial charge on any atom is 0.0474 e. The molecule has 0 aliphatic heterocycles. The first-order valence-corrected chi connectivity index (χ1v) is 5.02. The Balaban J connectivity index is 2.99. The minimum absolute atomic E-state index is 0.527. The lowest BCUT2D eigenvalue weighted by Gasteiger charge is -2.02. The standard InChI is InChI=1S/C8H10ClNS/c1-11-8-3-2-6(5-9)4-7(8)10/h2-4H,5,10H2,1H3. The molecule has 0 fully saturated rings. The molecular formula is C8H10ClNS. The van der Waals surface area contributed by atoms with Crippen molar-refractivity contribution in [1.29, 1.82) is 0 Å². The van der Waals surface area contributed by atoms with Crippen molar-refractivity contribution in [2.75, 3.05) is 12.0 Å². The van der Waals surface area contributed by atoms with Gasteiger partial charge in [0.15, 0.2) is 0 Å². The highest BCUT2D eigenvalue weighted by molar-refractivity contribution is 7.98. The number of thioether (sulfide) groups is 1. The van der Waals surface area contributed by atoms with Crippen LogP contribution in [0.5, 0.6) is 0 Å². The molecule has 1 nitrogen and oxygen atoms in total. The van der Waals surface area contributed by atoms with E-state index in [1.165, 1.54) is 0 Å². The van der Waals surface area contributed by atoms with Crippen LogP contribution in [0.4, 0.5) is 5.69 Å². The Labute approximate surface area is 75.9 Å². The molecule has 11 heavy (non-hydrogen) atoms. The van der Waals surface area contributed by atoms with Gasteiger partial charge in [-0.25, -0.2) is 0 Å². The third kappa shape index (κ3) is 2.04. The van der Waals surface area contributed by atoms with E-state index < -0.39 is 0 Å².